The van der Waals surface area contributed by atoms with E-state index in [0.717, 1.165) is 0 Å². The van der Waals surface area contributed by atoms with Crippen LogP contribution in [0.1, 0.15) is 6.92 Å². The van der Waals surface area contributed by atoms with Gasteiger partial charge in [-0.2, -0.15) is 0 Å². The van der Waals surface area contributed by atoms with E-state index in [1.54, 1.807) is 24.3 Å². The van der Waals surface area contributed by atoms with E-state index in [4.69, 9.17) is 5.73 Å². The molecule has 1 amide bonds. The van der Waals surface area contributed by atoms with Gasteiger partial charge in [0.25, 0.3) is 5.91 Å². The Morgan fingerprint density at radius 1 is 1.31 bits per heavy atom. The van der Waals surface area contributed by atoms with Crippen molar-refractivity contribution in [2.45, 2.75) is 6.92 Å². The van der Waals surface area contributed by atoms with E-state index < -0.39 is 11.7 Å². The molecule has 1 rings (SSSR count). The Morgan fingerprint density at radius 2 is 1.92 bits per heavy atom. The average Bonchev–Trinajstić information content (AvgIpc) is 2.08. The molecule has 0 radical (unpaired) electrons. The van der Waals surface area contributed by atoms with Gasteiger partial charge in [-0.1, -0.05) is 12.1 Å². The molecular formula is C9H10N2O2. The third-order valence-electron chi connectivity index (χ3n) is 1.53. The van der Waals surface area contributed by atoms with Crippen LogP contribution in [-0.2, 0) is 9.59 Å². The molecule has 0 unspecified atom stereocenters. The van der Waals surface area contributed by atoms with Crippen molar-refractivity contribution in [2.75, 3.05) is 11.1 Å². The Bertz CT molecular complexity index is 347. The van der Waals surface area contributed by atoms with E-state index in [0.29, 0.717) is 11.4 Å². The largest absolute Gasteiger partial charge is 0.397 e. The maximum absolute atomic E-state index is 10.9. The van der Waals surface area contributed by atoms with Crippen LogP contribution < -0.4 is 11.1 Å². The molecular weight excluding hydrogens is 168 g/mol. The SMILES string of the molecule is CC(=O)C(=O)Nc1ccccc1N. The fraction of sp³-hybridized carbons (Fsp3) is 0.111. The van der Waals surface area contributed by atoms with Crippen LogP contribution in [-0.4, -0.2) is 11.7 Å². The predicted octanol–water partition coefficient (Wildman–Crippen LogP) is 0.796. The van der Waals surface area contributed by atoms with Crippen LogP contribution in [0.25, 0.3) is 0 Å². The Balaban J connectivity index is 2.81. The molecule has 4 nitrogen and oxygen atoms in total. The van der Waals surface area contributed by atoms with Crippen molar-refractivity contribution in [1.82, 2.24) is 0 Å². The Kier molecular flexibility index (Phi) is 2.64. The molecule has 0 aromatic heterocycles. The second-order valence-corrected chi connectivity index (χ2v) is 2.60. The smallest absolute Gasteiger partial charge is 0.291 e. The quantitative estimate of drug-likeness (QED) is 0.519. The third-order valence-corrected chi connectivity index (χ3v) is 1.53. The average molecular weight is 178 g/mol. The lowest BCUT2D eigenvalue weighted by Gasteiger charge is -2.04. The second kappa shape index (κ2) is 3.71. The molecule has 0 spiro atoms. The number of amides is 1. The molecule has 0 aliphatic carbocycles. The number of nitrogens with one attached hydrogen (secondary N) is 1. The topological polar surface area (TPSA) is 72.2 Å². The fourth-order valence-electron chi connectivity index (χ4n) is 0.821. The van der Waals surface area contributed by atoms with Crippen molar-refractivity contribution >= 4 is 23.1 Å². The summed E-state index contributed by atoms with van der Waals surface area (Å²) in [5.41, 5.74) is 6.45. The van der Waals surface area contributed by atoms with Gasteiger partial charge in [0.15, 0.2) is 0 Å². The van der Waals surface area contributed by atoms with Gasteiger partial charge >= 0.3 is 0 Å². The van der Waals surface area contributed by atoms with Crippen molar-refractivity contribution < 1.29 is 9.59 Å². The van der Waals surface area contributed by atoms with Gasteiger partial charge in [-0.15, -0.1) is 0 Å². The van der Waals surface area contributed by atoms with Gasteiger partial charge in [0.05, 0.1) is 11.4 Å². The van der Waals surface area contributed by atoms with Crippen LogP contribution >= 0.6 is 0 Å². The lowest BCUT2D eigenvalue weighted by molar-refractivity contribution is -0.133. The van der Waals surface area contributed by atoms with Crippen molar-refractivity contribution in [3.63, 3.8) is 0 Å². The molecule has 4 heteroatoms. The minimum atomic E-state index is -0.655. The summed E-state index contributed by atoms with van der Waals surface area (Å²) in [6.45, 7) is 1.20. The molecule has 1 aromatic rings. The molecule has 3 N–H and O–H groups in total. The molecule has 0 saturated heterocycles. The normalized spacial score (nSPS) is 9.31. The minimum Gasteiger partial charge on any atom is -0.397 e. The number of nitrogen functional groups attached to an aromatic ring is 1. The Hall–Kier alpha value is -1.84. The molecule has 0 bridgehead atoms. The van der Waals surface area contributed by atoms with Crippen molar-refractivity contribution in [1.29, 1.82) is 0 Å². The van der Waals surface area contributed by atoms with Gasteiger partial charge < -0.3 is 11.1 Å². The summed E-state index contributed by atoms with van der Waals surface area (Å²) in [7, 11) is 0. The zero-order valence-corrected chi connectivity index (χ0v) is 7.20. The number of anilines is 2. The van der Waals surface area contributed by atoms with Gasteiger partial charge in [0.2, 0.25) is 5.78 Å². The number of rotatable bonds is 2. The Morgan fingerprint density at radius 3 is 2.46 bits per heavy atom. The van der Waals surface area contributed by atoms with Crippen LogP contribution in [0.15, 0.2) is 24.3 Å². The highest BCUT2D eigenvalue weighted by atomic mass is 16.2. The lowest BCUT2D eigenvalue weighted by atomic mass is 10.2. The zero-order valence-electron chi connectivity index (χ0n) is 7.20. The molecule has 68 valence electrons. The standard InChI is InChI=1S/C9H10N2O2/c1-6(12)9(13)11-8-5-3-2-4-7(8)10/h2-5H,10H2,1H3,(H,11,13). The summed E-state index contributed by atoms with van der Waals surface area (Å²) in [5, 5.41) is 2.40. The van der Waals surface area contributed by atoms with E-state index >= 15 is 0 Å². The second-order valence-electron chi connectivity index (χ2n) is 2.60. The van der Waals surface area contributed by atoms with Crippen LogP contribution in [0, 0.1) is 0 Å². The molecule has 0 saturated carbocycles. The van der Waals surface area contributed by atoms with Crippen molar-refractivity contribution in [3.8, 4) is 0 Å². The van der Waals surface area contributed by atoms with Crippen LogP contribution in [0.4, 0.5) is 11.4 Å². The molecule has 13 heavy (non-hydrogen) atoms. The first-order valence-electron chi connectivity index (χ1n) is 3.77. The number of carbonyl (C=O) groups is 2. The van der Waals surface area contributed by atoms with Crippen molar-refractivity contribution in [2.24, 2.45) is 0 Å². The molecule has 1 aromatic carbocycles. The molecule has 0 aliphatic rings. The summed E-state index contributed by atoms with van der Waals surface area (Å²) in [6.07, 6.45) is 0. The van der Waals surface area contributed by atoms with E-state index in [9.17, 15) is 9.59 Å². The summed E-state index contributed by atoms with van der Waals surface area (Å²) in [6, 6.07) is 6.76. The zero-order chi connectivity index (χ0) is 9.84. The highest BCUT2D eigenvalue weighted by molar-refractivity contribution is 6.40. The summed E-state index contributed by atoms with van der Waals surface area (Å²) >= 11 is 0. The summed E-state index contributed by atoms with van der Waals surface area (Å²) in [5.74, 6) is -1.19. The van der Waals surface area contributed by atoms with Gasteiger partial charge in [-0.05, 0) is 12.1 Å². The van der Waals surface area contributed by atoms with Gasteiger partial charge in [-0.3, -0.25) is 9.59 Å². The summed E-state index contributed by atoms with van der Waals surface area (Å²) in [4.78, 5) is 21.6. The van der Waals surface area contributed by atoms with Crippen molar-refractivity contribution in [3.05, 3.63) is 24.3 Å². The first-order valence-corrected chi connectivity index (χ1v) is 3.77. The van der Waals surface area contributed by atoms with Gasteiger partial charge in [0, 0.05) is 6.92 Å². The number of carbonyl (C=O) groups excluding carboxylic acids is 2. The molecule has 0 fully saturated rings. The lowest BCUT2D eigenvalue weighted by Crippen LogP contribution is -2.20. The maximum atomic E-state index is 10.9. The van der Waals surface area contributed by atoms with E-state index in [-0.39, 0.29) is 0 Å². The van der Waals surface area contributed by atoms with Gasteiger partial charge in [-0.25, -0.2) is 0 Å². The number of hydrogen-bond acceptors (Lipinski definition) is 3. The van der Waals surface area contributed by atoms with E-state index in [1.165, 1.54) is 6.92 Å². The van der Waals surface area contributed by atoms with Crippen LogP contribution in [0.3, 0.4) is 0 Å². The fourth-order valence-corrected chi connectivity index (χ4v) is 0.821. The maximum Gasteiger partial charge on any atom is 0.291 e. The Labute approximate surface area is 75.7 Å². The number of hydrogen-bond donors (Lipinski definition) is 2. The van der Waals surface area contributed by atoms with E-state index in [1.807, 2.05) is 0 Å². The predicted molar refractivity (Wildman–Crippen MR) is 50.2 cm³/mol. The first kappa shape index (κ1) is 9.25. The number of ketones is 1. The summed E-state index contributed by atoms with van der Waals surface area (Å²) < 4.78 is 0. The number of Topliss-reactive ketones (excluding diaryl/α,β-unsaturated/α-hetero) is 1. The number of nitrogens with two attached hydrogens (primary N) is 1. The third kappa shape index (κ3) is 2.30. The minimum absolute atomic E-state index is 0.442. The van der Waals surface area contributed by atoms with E-state index in [2.05, 4.69) is 5.32 Å². The van der Waals surface area contributed by atoms with Gasteiger partial charge in [0.1, 0.15) is 0 Å². The van der Waals surface area contributed by atoms with Crippen LogP contribution in [0.2, 0.25) is 0 Å². The first-order chi connectivity index (χ1) is 6.11. The van der Waals surface area contributed by atoms with Crippen LogP contribution in [0.5, 0.6) is 0 Å². The highest BCUT2D eigenvalue weighted by Gasteiger charge is 2.08. The monoisotopic (exact) mass is 178 g/mol. The number of para-hydroxylation sites is 2. The number of benzene rings is 1. The molecule has 0 atom stereocenters. The molecule has 0 heterocycles. The molecule has 0 aliphatic heterocycles. The highest BCUT2D eigenvalue weighted by Crippen LogP contribution is 2.16.